The molecule has 0 saturated heterocycles. The maximum Gasteiger partial charge on any atom is 0.124 e. The highest BCUT2D eigenvalue weighted by atomic mass is 16.5. The summed E-state index contributed by atoms with van der Waals surface area (Å²) in [7, 11) is 0. The Morgan fingerprint density at radius 3 is 2.75 bits per heavy atom. The van der Waals surface area contributed by atoms with Gasteiger partial charge in [-0.25, -0.2) is 0 Å². The molecule has 0 amide bonds. The Morgan fingerprint density at radius 1 is 1.25 bits per heavy atom. The molecule has 1 aromatic heterocycles. The molecule has 0 bridgehead atoms. The SMILES string of the molecule is C=CCOc1ccccc1CN[C@H](C)c1ccncc1. The summed E-state index contributed by atoms with van der Waals surface area (Å²) in [6, 6.07) is 12.4. The maximum atomic E-state index is 5.66. The van der Waals surface area contributed by atoms with Crippen LogP contribution in [0.4, 0.5) is 0 Å². The van der Waals surface area contributed by atoms with E-state index in [1.807, 2.05) is 42.7 Å². The molecule has 1 heterocycles. The van der Waals surface area contributed by atoms with Gasteiger partial charge in [0.05, 0.1) is 0 Å². The van der Waals surface area contributed by atoms with Crippen LogP contribution < -0.4 is 10.1 Å². The first-order valence-corrected chi connectivity index (χ1v) is 6.76. The predicted molar refractivity (Wildman–Crippen MR) is 81.6 cm³/mol. The van der Waals surface area contributed by atoms with Gasteiger partial charge in [-0.1, -0.05) is 30.9 Å². The predicted octanol–water partition coefficient (Wildman–Crippen LogP) is 3.50. The van der Waals surface area contributed by atoms with E-state index in [0.717, 1.165) is 17.9 Å². The number of para-hydroxylation sites is 1. The first kappa shape index (κ1) is 14.3. The lowest BCUT2D eigenvalue weighted by Gasteiger charge is -2.16. The fraction of sp³-hybridized carbons (Fsp3) is 0.235. The van der Waals surface area contributed by atoms with Crippen LogP contribution in [-0.2, 0) is 6.54 Å². The number of nitrogens with one attached hydrogen (secondary N) is 1. The van der Waals surface area contributed by atoms with Crippen molar-refractivity contribution in [3.05, 3.63) is 72.6 Å². The van der Waals surface area contributed by atoms with Crippen molar-refractivity contribution in [2.45, 2.75) is 19.5 Å². The third kappa shape index (κ3) is 3.93. The van der Waals surface area contributed by atoms with Crippen LogP contribution in [0.15, 0.2) is 61.4 Å². The number of nitrogens with zero attached hydrogens (tertiary/aromatic N) is 1. The number of ether oxygens (including phenoxy) is 1. The van der Waals surface area contributed by atoms with Crippen LogP contribution in [0.25, 0.3) is 0 Å². The number of aromatic nitrogens is 1. The zero-order chi connectivity index (χ0) is 14.2. The molecule has 2 rings (SSSR count). The van der Waals surface area contributed by atoms with Gasteiger partial charge in [0, 0.05) is 30.5 Å². The summed E-state index contributed by atoms with van der Waals surface area (Å²) in [5.41, 5.74) is 2.37. The van der Waals surface area contributed by atoms with E-state index in [9.17, 15) is 0 Å². The molecule has 104 valence electrons. The normalized spacial score (nSPS) is 11.8. The quantitative estimate of drug-likeness (QED) is 0.780. The number of pyridine rings is 1. The molecule has 0 aliphatic rings. The summed E-state index contributed by atoms with van der Waals surface area (Å²) in [5.74, 6) is 0.904. The molecule has 1 aromatic carbocycles. The summed E-state index contributed by atoms with van der Waals surface area (Å²) in [5, 5.41) is 3.50. The van der Waals surface area contributed by atoms with Crippen LogP contribution in [0.5, 0.6) is 5.75 Å². The van der Waals surface area contributed by atoms with Crippen LogP contribution in [0.2, 0.25) is 0 Å². The molecule has 0 fully saturated rings. The molecular formula is C17H20N2O. The first-order valence-electron chi connectivity index (χ1n) is 6.76. The van der Waals surface area contributed by atoms with Gasteiger partial charge in [-0.3, -0.25) is 4.98 Å². The van der Waals surface area contributed by atoms with Crippen LogP contribution >= 0.6 is 0 Å². The first-order chi connectivity index (χ1) is 9.81. The summed E-state index contributed by atoms with van der Waals surface area (Å²) in [6.45, 7) is 7.10. The summed E-state index contributed by atoms with van der Waals surface area (Å²) < 4.78 is 5.66. The molecule has 1 N–H and O–H groups in total. The maximum absolute atomic E-state index is 5.66. The second kappa shape index (κ2) is 7.46. The van der Waals surface area contributed by atoms with Crippen LogP contribution in [-0.4, -0.2) is 11.6 Å². The van der Waals surface area contributed by atoms with Gasteiger partial charge in [-0.2, -0.15) is 0 Å². The van der Waals surface area contributed by atoms with E-state index in [4.69, 9.17) is 4.74 Å². The fourth-order valence-corrected chi connectivity index (χ4v) is 1.97. The largest absolute Gasteiger partial charge is 0.489 e. The van der Waals surface area contributed by atoms with Gasteiger partial charge in [0.1, 0.15) is 12.4 Å². The van der Waals surface area contributed by atoms with E-state index in [1.54, 1.807) is 6.08 Å². The molecule has 0 saturated carbocycles. The van der Waals surface area contributed by atoms with E-state index in [-0.39, 0.29) is 6.04 Å². The van der Waals surface area contributed by atoms with E-state index in [1.165, 1.54) is 5.56 Å². The number of benzene rings is 1. The van der Waals surface area contributed by atoms with Gasteiger partial charge in [0.15, 0.2) is 0 Å². The van der Waals surface area contributed by atoms with E-state index in [2.05, 4.69) is 29.9 Å². The monoisotopic (exact) mass is 268 g/mol. The molecule has 0 spiro atoms. The molecule has 2 aromatic rings. The van der Waals surface area contributed by atoms with Gasteiger partial charge in [0.25, 0.3) is 0 Å². The lowest BCUT2D eigenvalue weighted by atomic mass is 10.1. The summed E-state index contributed by atoms with van der Waals surface area (Å²) in [6.07, 6.45) is 5.38. The molecular weight excluding hydrogens is 248 g/mol. The third-order valence-electron chi connectivity index (χ3n) is 3.13. The Hall–Kier alpha value is -2.13. The Kier molecular flexibility index (Phi) is 5.33. The highest BCUT2D eigenvalue weighted by Gasteiger charge is 2.07. The Labute approximate surface area is 120 Å². The van der Waals surface area contributed by atoms with Crippen LogP contribution in [0.3, 0.4) is 0 Å². The fourth-order valence-electron chi connectivity index (χ4n) is 1.97. The number of rotatable bonds is 7. The van der Waals surface area contributed by atoms with Crippen molar-refractivity contribution >= 4 is 0 Å². The summed E-state index contributed by atoms with van der Waals surface area (Å²) >= 11 is 0. The van der Waals surface area contributed by atoms with Crippen molar-refractivity contribution in [1.29, 1.82) is 0 Å². The Balaban J connectivity index is 1.98. The van der Waals surface area contributed by atoms with Gasteiger partial charge in [-0.05, 0) is 30.7 Å². The number of hydrogen-bond donors (Lipinski definition) is 1. The van der Waals surface area contributed by atoms with Gasteiger partial charge < -0.3 is 10.1 Å². The number of hydrogen-bond acceptors (Lipinski definition) is 3. The minimum atomic E-state index is 0.269. The standard InChI is InChI=1S/C17H20N2O/c1-3-12-20-17-7-5-4-6-16(17)13-19-14(2)15-8-10-18-11-9-15/h3-11,14,19H,1,12-13H2,2H3/t14-/m1/s1. The Bertz CT molecular complexity index is 540. The zero-order valence-electron chi connectivity index (χ0n) is 11.8. The van der Waals surface area contributed by atoms with Crippen LogP contribution in [0.1, 0.15) is 24.1 Å². The lowest BCUT2D eigenvalue weighted by Crippen LogP contribution is -2.18. The van der Waals surface area contributed by atoms with Crippen molar-refractivity contribution in [2.75, 3.05) is 6.61 Å². The van der Waals surface area contributed by atoms with Gasteiger partial charge >= 0.3 is 0 Å². The summed E-state index contributed by atoms with van der Waals surface area (Å²) in [4.78, 5) is 4.04. The Morgan fingerprint density at radius 2 is 2.00 bits per heavy atom. The average molecular weight is 268 g/mol. The minimum Gasteiger partial charge on any atom is -0.489 e. The third-order valence-corrected chi connectivity index (χ3v) is 3.13. The van der Waals surface area contributed by atoms with Crippen molar-refractivity contribution in [3.63, 3.8) is 0 Å². The molecule has 0 aliphatic carbocycles. The van der Waals surface area contributed by atoms with Gasteiger partial charge in [0.2, 0.25) is 0 Å². The van der Waals surface area contributed by atoms with Crippen LogP contribution in [0, 0.1) is 0 Å². The van der Waals surface area contributed by atoms with Crippen molar-refractivity contribution in [2.24, 2.45) is 0 Å². The molecule has 1 atom stereocenters. The molecule has 0 aliphatic heterocycles. The molecule has 3 nitrogen and oxygen atoms in total. The molecule has 20 heavy (non-hydrogen) atoms. The minimum absolute atomic E-state index is 0.269. The zero-order valence-corrected chi connectivity index (χ0v) is 11.8. The average Bonchev–Trinajstić information content (AvgIpc) is 2.52. The molecule has 0 radical (unpaired) electrons. The molecule has 3 heteroatoms. The highest BCUT2D eigenvalue weighted by molar-refractivity contribution is 5.33. The second-order valence-corrected chi connectivity index (χ2v) is 4.59. The smallest absolute Gasteiger partial charge is 0.124 e. The van der Waals surface area contributed by atoms with Crippen molar-refractivity contribution in [1.82, 2.24) is 10.3 Å². The van der Waals surface area contributed by atoms with E-state index >= 15 is 0 Å². The second-order valence-electron chi connectivity index (χ2n) is 4.59. The molecule has 0 unspecified atom stereocenters. The van der Waals surface area contributed by atoms with Crippen molar-refractivity contribution < 1.29 is 4.74 Å². The van der Waals surface area contributed by atoms with Gasteiger partial charge in [-0.15, -0.1) is 0 Å². The lowest BCUT2D eigenvalue weighted by molar-refractivity contribution is 0.357. The topological polar surface area (TPSA) is 34.1 Å². The van der Waals surface area contributed by atoms with E-state index in [0.29, 0.717) is 6.61 Å². The van der Waals surface area contributed by atoms with Crippen molar-refractivity contribution in [3.8, 4) is 5.75 Å². The van der Waals surface area contributed by atoms with E-state index < -0.39 is 0 Å². The highest BCUT2D eigenvalue weighted by Crippen LogP contribution is 2.19.